The Morgan fingerprint density at radius 3 is 2.23 bits per heavy atom. The summed E-state index contributed by atoms with van der Waals surface area (Å²) >= 11 is 0. The summed E-state index contributed by atoms with van der Waals surface area (Å²) in [5.74, 6) is 1.29. The third kappa shape index (κ3) is 7.96. The van der Waals surface area contributed by atoms with Crippen molar-refractivity contribution < 1.29 is 9.53 Å². The first-order valence-electron chi connectivity index (χ1n) is 15.2. The molecule has 0 aromatic heterocycles. The molecule has 2 heterocycles. The first-order chi connectivity index (χ1) is 19.7. The number of nitrogens with zero attached hydrogens (tertiary/aromatic N) is 3. The monoisotopic (exact) mass is 539 g/mol. The predicted octanol–water partition coefficient (Wildman–Crippen LogP) is 6.19. The molecular formula is C35H45N3O2. The summed E-state index contributed by atoms with van der Waals surface area (Å²) in [6.45, 7) is 8.89. The fourth-order valence-electron chi connectivity index (χ4n) is 6.30. The fourth-order valence-corrected chi connectivity index (χ4v) is 6.30. The molecule has 5 rings (SSSR count). The number of hydrogen-bond acceptors (Lipinski definition) is 4. The van der Waals surface area contributed by atoms with Gasteiger partial charge in [0, 0.05) is 51.2 Å². The van der Waals surface area contributed by atoms with Crippen LogP contribution in [0.3, 0.4) is 0 Å². The van der Waals surface area contributed by atoms with Crippen molar-refractivity contribution in [2.45, 2.75) is 63.6 Å². The van der Waals surface area contributed by atoms with E-state index in [-0.39, 0.29) is 6.10 Å². The van der Waals surface area contributed by atoms with Gasteiger partial charge in [0.1, 0.15) is 11.9 Å². The van der Waals surface area contributed by atoms with Crippen LogP contribution in [0.25, 0.3) is 0 Å². The van der Waals surface area contributed by atoms with Gasteiger partial charge in [0.2, 0.25) is 6.41 Å². The van der Waals surface area contributed by atoms with Gasteiger partial charge >= 0.3 is 0 Å². The first-order valence-corrected chi connectivity index (χ1v) is 15.2. The average Bonchev–Trinajstić information content (AvgIpc) is 3.00. The summed E-state index contributed by atoms with van der Waals surface area (Å²) in [7, 11) is 0. The van der Waals surface area contributed by atoms with Crippen molar-refractivity contribution in [2.24, 2.45) is 0 Å². The lowest BCUT2D eigenvalue weighted by Gasteiger charge is -2.35. The van der Waals surface area contributed by atoms with Gasteiger partial charge in [-0.25, -0.2) is 0 Å². The highest BCUT2D eigenvalue weighted by molar-refractivity contribution is 5.47. The van der Waals surface area contributed by atoms with Gasteiger partial charge < -0.3 is 14.5 Å². The summed E-state index contributed by atoms with van der Waals surface area (Å²) in [4.78, 5) is 18.8. The SMILES string of the molecule is CC1CCCCN1CCN(C=O)Cc1cccc(OC2CCN(CC(c3ccccc3)c3ccccc3)CC2)c1. The van der Waals surface area contributed by atoms with E-state index in [1.807, 2.05) is 4.90 Å². The molecule has 3 aromatic rings. The molecule has 1 amide bonds. The van der Waals surface area contributed by atoms with Crippen LogP contribution in [0.15, 0.2) is 84.9 Å². The van der Waals surface area contributed by atoms with Crippen molar-refractivity contribution in [3.05, 3.63) is 102 Å². The van der Waals surface area contributed by atoms with Crippen molar-refractivity contribution in [3.63, 3.8) is 0 Å². The molecule has 1 unspecified atom stereocenters. The van der Waals surface area contributed by atoms with Crippen LogP contribution in [0.2, 0.25) is 0 Å². The lowest BCUT2D eigenvalue weighted by atomic mass is 9.90. The average molecular weight is 540 g/mol. The quantitative estimate of drug-likeness (QED) is 0.257. The lowest BCUT2D eigenvalue weighted by Crippen LogP contribution is -2.42. The van der Waals surface area contributed by atoms with E-state index in [0.717, 1.165) is 69.8 Å². The number of likely N-dealkylation sites (tertiary alicyclic amines) is 2. The molecule has 0 radical (unpaired) electrons. The molecule has 3 aromatic carbocycles. The van der Waals surface area contributed by atoms with E-state index in [0.29, 0.717) is 18.5 Å². The van der Waals surface area contributed by atoms with E-state index in [1.165, 1.54) is 30.4 Å². The minimum atomic E-state index is 0.223. The molecule has 0 saturated carbocycles. The molecule has 5 heteroatoms. The van der Waals surface area contributed by atoms with Gasteiger partial charge in [-0.05, 0) is 68.0 Å². The summed E-state index contributed by atoms with van der Waals surface area (Å²) < 4.78 is 6.46. The van der Waals surface area contributed by atoms with Gasteiger partial charge in [-0.15, -0.1) is 0 Å². The Balaban J connectivity index is 1.12. The van der Waals surface area contributed by atoms with Crippen molar-refractivity contribution in [2.75, 3.05) is 39.3 Å². The first kappa shape index (κ1) is 28.4. The molecule has 2 fully saturated rings. The van der Waals surface area contributed by atoms with Gasteiger partial charge in [-0.3, -0.25) is 9.69 Å². The minimum Gasteiger partial charge on any atom is -0.490 e. The zero-order valence-electron chi connectivity index (χ0n) is 24.0. The number of amides is 1. The van der Waals surface area contributed by atoms with E-state index in [4.69, 9.17) is 4.74 Å². The van der Waals surface area contributed by atoms with Crippen LogP contribution in [-0.4, -0.2) is 72.5 Å². The highest BCUT2D eigenvalue weighted by Crippen LogP contribution is 2.28. The van der Waals surface area contributed by atoms with Gasteiger partial charge in [-0.1, -0.05) is 79.2 Å². The third-order valence-electron chi connectivity index (χ3n) is 8.73. The van der Waals surface area contributed by atoms with Crippen molar-refractivity contribution in [1.82, 2.24) is 14.7 Å². The van der Waals surface area contributed by atoms with Crippen LogP contribution in [-0.2, 0) is 11.3 Å². The molecule has 212 valence electrons. The number of carbonyl (C=O) groups excluding carboxylic acids is 1. The summed E-state index contributed by atoms with van der Waals surface area (Å²) in [6.07, 6.45) is 7.12. The van der Waals surface area contributed by atoms with Crippen LogP contribution >= 0.6 is 0 Å². The maximum Gasteiger partial charge on any atom is 0.210 e. The second-order valence-electron chi connectivity index (χ2n) is 11.6. The molecule has 2 saturated heterocycles. The van der Waals surface area contributed by atoms with Gasteiger partial charge in [-0.2, -0.15) is 0 Å². The van der Waals surface area contributed by atoms with Crippen LogP contribution < -0.4 is 4.74 Å². The smallest absolute Gasteiger partial charge is 0.210 e. The third-order valence-corrected chi connectivity index (χ3v) is 8.73. The number of piperidine rings is 2. The summed E-state index contributed by atoms with van der Waals surface area (Å²) in [6, 6.07) is 30.7. The van der Waals surface area contributed by atoms with E-state index < -0.39 is 0 Å². The summed E-state index contributed by atoms with van der Waals surface area (Å²) in [5, 5.41) is 0. The van der Waals surface area contributed by atoms with Crippen molar-refractivity contribution in [3.8, 4) is 5.75 Å². The van der Waals surface area contributed by atoms with Crippen LogP contribution in [0.5, 0.6) is 5.75 Å². The zero-order valence-corrected chi connectivity index (χ0v) is 24.0. The van der Waals surface area contributed by atoms with Crippen molar-refractivity contribution >= 4 is 6.41 Å². The van der Waals surface area contributed by atoms with Crippen LogP contribution in [0.1, 0.15) is 61.6 Å². The Morgan fingerprint density at radius 1 is 0.875 bits per heavy atom. The molecule has 0 spiro atoms. The van der Waals surface area contributed by atoms with Gasteiger partial charge in [0.25, 0.3) is 0 Å². The van der Waals surface area contributed by atoms with Crippen LogP contribution in [0, 0.1) is 0 Å². The molecule has 2 aliphatic heterocycles. The van der Waals surface area contributed by atoms with Crippen LogP contribution in [0.4, 0.5) is 0 Å². The molecule has 1 atom stereocenters. The summed E-state index contributed by atoms with van der Waals surface area (Å²) in [5.41, 5.74) is 3.87. The normalized spacial score (nSPS) is 19.0. The fraction of sp³-hybridized carbons (Fsp3) is 0.457. The van der Waals surface area contributed by atoms with E-state index >= 15 is 0 Å². The second-order valence-corrected chi connectivity index (χ2v) is 11.6. The highest BCUT2D eigenvalue weighted by Gasteiger charge is 2.25. The molecular weight excluding hydrogens is 494 g/mol. The van der Waals surface area contributed by atoms with E-state index in [1.54, 1.807) is 0 Å². The Morgan fingerprint density at radius 2 is 1.57 bits per heavy atom. The molecule has 40 heavy (non-hydrogen) atoms. The van der Waals surface area contributed by atoms with E-state index in [2.05, 4.69) is 102 Å². The Bertz CT molecular complexity index is 1120. The highest BCUT2D eigenvalue weighted by atomic mass is 16.5. The number of ether oxygens (including phenoxy) is 1. The second kappa shape index (κ2) is 14.5. The lowest BCUT2D eigenvalue weighted by molar-refractivity contribution is -0.119. The molecule has 0 aliphatic carbocycles. The standard InChI is InChI=1S/C35H45N3O2/c1-29-11-8-9-20-38(29)24-23-37(28-39)26-30-12-10-17-34(25-30)40-33-18-21-36(22-19-33)27-35(31-13-4-2-5-14-31)32-15-6-3-7-16-32/h2-7,10,12-17,25,28-29,33,35H,8-9,11,18-24,26-27H2,1H3. The van der Waals surface area contributed by atoms with E-state index in [9.17, 15) is 4.79 Å². The largest absolute Gasteiger partial charge is 0.490 e. The van der Waals surface area contributed by atoms with Crippen molar-refractivity contribution in [1.29, 1.82) is 0 Å². The molecule has 0 bridgehead atoms. The maximum absolute atomic E-state index is 11.8. The number of hydrogen-bond donors (Lipinski definition) is 0. The number of benzene rings is 3. The zero-order chi connectivity index (χ0) is 27.6. The molecule has 2 aliphatic rings. The molecule has 0 N–H and O–H groups in total. The Hall–Kier alpha value is -3.15. The predicted molar refractivity (Wildman–Crippen MR) is 163 cm³/mol. The number of carbonyl (C=O) groups is 1. The van der Waals surface area contributed by atoms with Gasteiger partial charge in [0.05, 0.1) is 0 Å². The molecule has 5 nitrogen and oxygen atoms in total. The minimum absolute atomic E-state index is 0.223. The topological polar surface area (TPSA) is 36.0 Å². The van der Waals surface area contributed by atoms with Gasteiger partial charge in [0.15, 0.2) is 0 Å². The maximum atomic E-state index is 11.8. The number of rotatable bonds is 12. The Labute approximate surface area is 240 Å². The Kier molecular flexibility index (Phi) is 10.3.